The first-order chi connectivity index (χ1) is 11.8. The summed E-state index contributed by atoms with van der Waals surface area (Å²) in [7, 11) is 0. The van der Waals surface area contributed by atoms with Crippen molar-refractivity contribution in [2.24, 2.45) is 0 Å². The minimum Gasteiger partial charge on any atom is -0.358 e. The molecule has 3 aromatic rings. The fourth-order valence-electron chi connectivity index (χ4n) is 2.39. The Morgan fingerprint density at radius 3 is 2.92 bits per heavy atom. The number of benzene rings is 1. The van der Waals surface area contributed by atoms with Gasteiger partial charge in [0, 0.05) is 5.57 Å². The van der Waals surface area contributed by atoms with E-state index in [9.17, 15) is 4.39 Å². The minimum atomic E-state index is -0.259. The fourth-order valence-corrected chi connectivity index (χ4v) is 3.04. The highest BCUT2D eigenvalue weighted by molar-refractivity contribution is 7.13. The van der Waals surface area contributed by atoms with E-state index in [0.29, 0.717) is 11.7 Å². The van der Waals surface area contributed by atoms with Crippen LogP contribution in [-0.2, 0) is 0 Å². The van der Waals surface area contributed by atoms with Crippen molar-refractivity contribution in [2.45, 2.75) is 19.3 Å². The van der Waals surface area contributed by atoms with Gasteiger partial charge in [-0.05, 0) is 54.5 Å². The molecule has 0 aliphatic carbocycles. The normalized spacial score (nSPS) is 11.8. The van der Waals surface area contributed by atoms with Crippen LogP contribution in [0.25, 0.3) is 22.4 Å². The lowest BCUT2D eigenvalue weighted by Crippen LogP contribution is -2.50. The Morgan fingerprint density at radius 2 is 2.17 bits per heavy atom. The van der Waals surface area contributed by atoms with E-state index in [1.54, 1.807) is 17.4 Å². The Hall–Kier alpha value is -2.31. The molecule has 0 unspecified atom stereocenters. The maximum atomic E-state index is 13.4. The molecule has 0 aliphatic heterocycles. The van der Waals surface area contributed by atoms with E-state index in [2.05, 4.69) is 15.9 Å². The van der Waals surface area contributed by atoms with Gasteiger partial charge in [0.15, 0.2) is 0 Å². The summed E-state index contributed by atoms with van der Waals surface area (Å²) in [6.45, 7) is 0.886. The van der Waals surface area contributed by atoms with Gasteiger partial charge in [-0.25, -0.2) is 4.39 Å². The van der Waals surface area contributed by atoms with E-state index < -0.39 is 0 Å². The van der Waals surface area contributed by atoms with Crippen LogP contribution in [0.1, 0.15) is 30.7 Å². The third-order valence-electron chi connectivity index (χ3n) is 3.58. The van der Waals surface area contributed by atoms with E-state index in [4.69, 9.17) is 4.52 Å². The summed E-state index contributed by atoms with van der Waals surface area (Å²) in [5, 5.41) is 6.04. The highest BCUT2D eigenvalue weighted by Gasteiger charge is 2.14. The van der Waals surface area contributed by atoms with Gasteiger partial charge in [-0.2, -0.15) is 4.98 Å². The molecule has 124 valence electrons. The average Bonchev–Trinajstić information content (AvgIpc) is 3.25. The molecule has 2 heterocycles. The Balaban J connectivity index is 1.89. The molecule has 0 amide bonds. The van der Waals surface area contributed by atoms with Crippen molar-refractivity contribution in [3.05, 3.63) is 59.0 Å². The molecule has 24 heavy (non-hydrogen) atoms. The second kappa shape index (κ2) is 7.99. The first-order valence-corrected chi connectivity index (χ1v) is 8.77. The van der Waals surface area contributed by atoms with Crippen LogP contribution in [0.15, 0.2) is 46.3 Å². The van der Waals surface area contributed by atoms with Crippen LogP contribution in [0, 0.1) is 5.82 Å². The van der Waals surface area contributed by atoms with Crippen molar-refractivity contribution in [1.82, 2.24) is 10.1 Å². The van der Waals surface area contributed by atoms with Crippen molar-refractivity contribution >= 4 is 23.0 Å². The molecule has 0 spiro atoms. The minimum absolute atomic E-state index is 0.259. The molecule has 0 bridgehead atoms. The van der Waals surface area contributed by atoms with Crippen molar-refractivity contribution in [3.63, 3.8) is 0 Å². The van der Waals surface area contributed by atoms with E-state index in [-0.39, 0.29) is 5.82 Å². The zero-order chi connectivity index (χ0) is 16.8. The summed E-state index contributed by atoms with van der Waals surface area (Å²) in [6, 6.07) is 10.4. The molecule has 0 fully saturated rings. The molecule has 2 aromatic heterocycles. The first-order valence-electron chi connectivity index (χ1n) is 7.89. The van der Waals surface area contributed by atoms with E-state index in [1.807, 2.05) is 29.7 Å². The SMILES string of the molecule is [NH3+]CCCC/C(=C\c1cccc(F)c1)c1nc(-c2cccs2)no1. The number of rotatable bonds is 7. The van der Waals surface area contributed by atoms with Gasteiger partial charge in [-0.1, -0.05) is 23.4 Å². The monoisotopic (exact) mass is 344 g/mol. The number of hydrogen-bond donors (Lipinski definition) is 1. The van der Waals surface area contributed by atoms with Crippen LogP contribution >= 0.6 is 11.3 Å². The predicted octanol–water partition coefficient (Wildman–Crippen LogP) is 3.89. The van der Waals surface area contributed by atoms with Crippen LogP contribution in [0.5, 0.6) is 0 Å². The van der Waals surface area contributed by atoms with Crippen molar-refractivity contribution in [1.29, 1.82) is 0 Å². The average molecular weight is 344 g/mol. The van der Waals surface area contributed by atoms with Gasteiger partial charge < -0.3 is 10.3 Å². The Labute approximate surface area is 143 Å². The molecule has 0 saturated carbocycles. The predicted molar refractivity (Wildman–Crippen MR) is 93.5 cm³/mol. The zero-order valence-electron chi connectivity index (χ0n) is 13.2. The molecule has 3 rings (SSSR count). The molecule has 0 aliphatic rings. The van der Waals surface area contributed by atoms with Crippen LogP contribution in [0.3, 0.4) is 0 Å². The zero-order valence-corrected chi connectivity index (χ0v) is 14.1. The van der Waals surface area contributed by atoms with Crippen molar-refractivity contribution in [3.8, 4) is 10.7 Å². The van der Waals surface area contributed by atoms with Gasteiger partial charge in [-0.15, -0.1) is 11.3 Å². The number of hydrogen-bond acceptors (Lipinski definition) is 4. The number of nitrogens with zero attached hydrogens (tertiary/aromatic N) is 2. The maximum Gasteiger partial charge on any atom is 0.254 e. The number of quaternary nitrogens is 1. The second-order valence-corrected chi connectivity index (χ2v) is 6.38. The number of allylic oxidation sites excluding steroid dienone is 1. The lowest BCUT2D eigenvalue weighted by atomic mass is 10.0. The Morgan fingerprint density at radius 1 is 1.25 bits per heavy atom. The summed E-state index contributed by atoms with van der Waals surface area (Å²) >= 11 is 1.57. The third kappa shape index (κ3) is 4.15. The van der Waals surface area contributed by atoms with Gasteiger partial charge >= 0.3 is 0 Å². The summed E-state index contributed by atoms with van der Waals surface area (Å²) < 4.78 is 18.9. The lowest BCUT2D eigenvalue weighted by molar-refractivity contribution is -0.368. The molecule has 4 nitrogen and oxygen atoms in total. The molecule has 6 heteroatoms. The van der Waals surface area contributed by atoms with E-state index in [0.717, 1.165) is 41.8 Å². The van der Waals surface area contributed by atoms with Crippen LogP contribution < -0.4 is 5.73 Å². The number of aromatic nitrogens is 2. The molecule has 1 aromatic carbocycles. The standard InChI is InChI=1S/C18H18FN3OS/c19-15-7-3-5-13(12-15)11-14(6-1-2-9-20)18-21-17(22-23-18)16-8-4-10-24-16/h3-5,7-8,10-12H,1-2,6,9,20H2/p+1/b14-11+. The number of thiophene rings is 1. The fraction of sp³-hybridized carbons (Fsp3) is 0.222. The Kier molecular flexibility index (Phi) is 5.51. The maximum absolute atomic E-state index is 13.4. The molecule has 0 atom stereocenters. The van der Waals surface area contributed by atoms with Gasteiger partial charge in [0.05, 0.1) is 11.4 Å². The summed E-state index contributed by atoms with van der Waals surface area (Å²) in [5.74, 6) is 0.819. The van der Waals surface area contributed by atoms with Crippen LogP contribution in [-0.4, -0.2) is 16.7 Å². The summed E-state index contributed by atoms with van der Waals surface area (Å²) in [5.41, 5.74) is 5.58. The lowest BCUT2D eigenvalue weighted by Gasteiger charge is -2.02. The quantitative estimate of drug-likeness (QED) is 0.661. The van der Waals surface area contributed by atoms with Gasteiger partial charge in [0.25, 0.3) is 5.89 Å². The molecule has 3 N–H and O–H groups in total. The highest BCUT2D eigenvalue weighted by atomic mass is 32.1. The van der Waals surface area contributed by atoms with Crippen molar-refractivity contribution in [2.75, 3.05) is 6.54 Å². The molecular formula is C18H19FN3OS+. The van der Waals surface area contributed by atoms with Gasteiger partial charge in [-0.3, -0.25) is 0 Å². The molecular weight excluding hydrogens is 325 g/mol. The highest BCUT2D eigenvalue weighted by Crippen LogP contribution is 2.27. The third-order valence-corrected chi connectivity index (χ3v) is 4.44. The smallest absolute Gasteiger partial charge is 0.254 e. The molecule has 0 saturated heterocycles. The first kappa shape index (κ1) is 16.5. The van der Waals surface area contributed by atoms with E-state index >= 15 is 0 Å². The van der Waals surface area contributed by atoms with Gasteiger partial charge in [0.1, 0.15) is 5.82 Å². The Bertz CT molecular complexity index is 811. The van der Waals surface area contributed by atoms with Crippen molar-refractivity contribution < 1.29 is 14.6 Å². The van der Waals surface area contributed by atoms with E-state index in [1.165, 1.54) is 12.1 Å². The second-order valence-electron chi connectivity index (χ2n) is 5.44. The number of unbranched alkanes of at least 4 members (excludes halogenated alkanes) is 1. The largest absolute Gasteiger partial charge is 0.358 e. The number of halogens is 1. The summed E-state index contributed by atoms with van der Waals surface area (Å²) in [4.78, 5) is 5.47. The topological polar surface area (TPSA) is 66.6 Å². The summed E-state index contributed by atoms with van der Waals surface area (Å²) in [6.07, 6.45) is 4.70. The van der Waals surface area contributed by atoms with Gasteiger partial charge in [0.2, 0.25) is 5.82 Å². The molecule has 0 radical (unpaired) electrons. The van der Waals surface area contributed by atoms with Crippen LogP contribution in [0.2, 0.25) is 0 Å². The van der Waals surface area contributed by atoms with Crippen LogP contribution in [0.4, 0.5) is 4.39 Å².